The highest BCUT2D eigenvalue weighted by Gasteiger charge is 2.17. The third kappa shape index (κ3) is 2.19. The number of hydrogen-bond acceptors (Lipinski definition) is 4. The fraction of sp³-hybridized carbons (Fsp3) is 0.286. The summed E-state index contributed by atoms with van der Waals surface area (Å²) in [5.74, 6) is 1.32. The lowest BCUT2D eigenvalue weighted by atomic mass is 10.1. The Bertz CT molecular complexity index is 664. The molecule has 98 valence electrons. The van der Waals surface area contributed by atoms with E-state index >= 15 is 0 Å². The van der Waals surface area contributed by atoms with E-state index in [2.05, 4.69) is 10.2 Å². The lowest BCUT2D eigenvalue weighted by Gasteiger charge is -2.12. The van der Waals surface area contributed by atoms with E-state index in [0.29, 0.717) is 30.3 Å². The second-order valence-corrected chi connectivity index (χ2v) is 4.44. The van der Waals surface area contributed by atoms with Gasteiger partial charge in [0, 0.05) is 12.0 Å². The predicted molar refractivity (Wildman–Crippen MR) is 70.6 cm³/mol. The third-order valence-corrected chi connectivity index (χ3v) is 2.99. The van der Waals surface area contributed by atoms with E-state index in [1.807, 2.05) is 25.1 Å². The van der Waals surface area contributed by atoms with Gasteiger partial charge >= 0.3 is 0 Å². The second-order valence-electron chi connectivity index (χ2n) is 4.44. The Balaban J connectivity index is 2.20. The molecular formula is C14H14N2O3. The van der Waals surface area contributed by atoms with Crippen molar-refractivity contribution < 1.29 is 9.47 Å². The summed E-state index contributed by atoms with van der Waals surface area (Å²) >= 11 is 0. The molecule has 0 bridgehead atoms. The largest absolute Gasteiger partial charge is 0.490 e. The van der Waals surface area contributed by atoms with Crippen molar-refractivity contribution in [2.75, 3.05) is 13.2 Å². The Labute approximate surface area is 110 Å². The van der Waals surface area contributed by atoms with Gasteiger partial charge in [-0.3, -0.25) is 4.79 Å². The Morgan fingerprint density at radius 3 is 2.95 bits per heavy atom. The van der Waals surface area contributed by atoms with Crippen molar-refractivity contribution in [2.45, 2.75) is 13.3 Å². The highest BCUT2D eigenvalue weighted by Crippen LogP contribution is 2.38. The van der Waals surface area contributed by atoms with Crippen LogP contribution in [0.4, 0.5) is 0 Å². The van der Waals surface area contributed by atoms with E-state index in [4.69, 9.17) is 9.47 Å². The third-order valence-electron chi connectivity index (χ3n) is 2.99. The predicted octanol–water partition coefficient (Wildman–Crippen LogP) is 1.91. The lowest BCUT2D eigenvalue weighted by molar-refractivity contribution is 0.297. The molecule has 1 aliphatic rings. The van der Waals surface area contributed by atoms with Gasteiger partial charge in [0.15, 0.2) is 11.5 Å². The van der Waals surface area contributed by atoms with E-state index in [0.717, 1.165) is 17.7 Å². The molecule has 0 unspecified atom stereocenters. The molecule has 0 aliphatic carbocycles. The number of para-hydroxylation sites is 1. The molecule has 3 rings (SSSR count). The molecule has 19 heavy (non-hydrogen) atoms. The van der Waals surface area contributed by atoms with E-state index in [-0.39, 0.29) is 5.56 Å². The number of fused-ring (bicyclic) bond motifs is 1. The van der Waals surface area contributed by atoms with Crippen LogP contribution in [0.15, 0.2) is 29.1 Å². The zero-order chi connectivity index (χ0) is 13.2. The van der Waals surface area contributed by atoms with Crippen molar-refractivity contribution >= 4 is 0 Å². The first-order valence-electron chi connectivity index (χ1n) is 6.21. The number of rotatable bonds is 1. The van der Waals surface area contributed by atoms with E-state index in [1.54, 1.807) is 6.07 Å². The van der Waals surface area contributed by atoms with Crippen LogP contribution in [0.5, 0.6) is 11.5 Å². The maximum atomic E-state index is 11.9. The van der Waals surface area contributed by atoms with Crippen LogP contribution >= 0.6 is 0 Å². The van der Waals surface area contributed by atoms with Crippen LogP contribution in [-0.4, -0.2) is 23.4 Å². The average Bonchev–Trinajstić information content (AvgIpc) is 2.66. The van der Waals surface area contributed by atoms with Gasteiger partial charge in [0.1, 0.15) is 0 Å². The molecule has 0 fully saturated rings. The van der Waals surface area contributed by atoms with Gasteiger partial charge < -0.3 is 9.47 Å². The average molecular weight is 258 g/mol. The van der Waals surface area contributed by atoms with Gasteiger partial charge in [0.05, 0.1) is 24.5 Å². The van der Waals surface area contributed by atoms with Crippen molar-refractivity contribution in [3.63, 3.8) is 0 Å². The van der Waals surface area contributed by atoms with Gasteiger partial charge in [0.25, 0.3) is 5.56 Å². The Morgan fingerprint density at radius 1 is 1.21 bits per heavy atom. The monoisotopic (exact) mass is 258 g/mol. The number of ether oxygens (including phenoxy) is 2. The van der Waals surface area contributed by atoms with Gasteiger partial charge in [-0.25, -0.2) is 5.10 Å². The molecule has 0 spiro atoms. The minimum atomic E-state index is -0.230. The van der Waals surface area contributed by atoms with Crippen LogP contribution in [0, 0.1) is 6.92 Å². The van der Waals surface area contributed by atoms with Gasteiger partial charge in [-0.15, -0.1) is 0 Å². The highest BCUT2D eigenvalue weighted by molar-refractivity contribution is 5.73. The molecule has 5 heteroatoms. The van der Waals surface area contributed by atoms with Crippen LogP contribution in [0.25, 0.3) is 11.1 Å². The normalized spacial score (nSPS) is 13.9. The SMILES string of the molecule is Cc1cc(-c2cccc3c2OCCCO3)c(=O)[nH]n1. The second kappa shape index (κ2) is 4.76. The number of aryl methyl sites for hydroxylation is 1. The number of hydrogen-bond donors (Lipinski definition) is 1. The standard InChI is InChI=1S/C14H14N2O3/c1-9-8-11(14(17)16-15-9)10-4-2-5-12-13(10)19-7-3-6-18-12/h2,4-5,8H,3,6-7H2,1H3,(H,16,17). The minimum absolute atomic E-state index is 0.230. The summed E-state index contributed by atoms with van der Waals surface area (Å²) < 4.78 is 11.4. The van der Waals surface area contributed by atoms with E-state index < -0.39 is 0 Å². The molecule has 1 aromatic heterocycles. The summed E-state index contributed by atoms with van der Waals surface area (Å²) in [5.41, 5.74) is 1.81. The smallest absolute Gasteiger partial charge is 0.272 e. The number of H-pyrrole nitrogens is 1. The molecule has 2 heterocycles. The molecule has 0 saturated heterocycles. The minimum Gasteiger partial charge on any atom is -0.490 e. The first-order valence-corrected chi connectivity index (χ1v) is 6.21. The fourth-order valence-corrected chi connectivity index (χ4v) is 2.11. The maximum absolute atomic E-state index is 11.9. The summed E-state index contributed by atoms with van der Waals surface area (Å²) in [6.07, 6.45) is 0.833. The summed E-state index contributed by atoms with van der Waals surface area (Å²) in [7, 11) is 0. The van der Waals surface area contributed by atoms with Crippen molar-refractivity contribution in [3.05, 3.63) is 40.3 Å². The topological polar surface area (TPSA) is 64.2 Å². The van der Waals surface area contributed by atoms with Gasteiger partial charge in [-0.2, -0.15) is 5.10 Å². The number of nitrogens with one attached hydrogen (secondary N) is 1. The van der Waals surface area contributed by atoms with Gasteiger partial charge in [0.2, 0.25) is 0 Å². The van der Waals surface area contributed by atoms with Gasteiger partial charge in [-0.1, -0.05) is 12.1 Å². The van der Waals surface area contributed by atoms with E-state index in [1.165, 1.54) is 0 Å². The first-order chi connectivity index (χ1) is 9.25. The fourth-order valence-electron chi connectivity index (χ4n) is 2.11. The zero-order valence-corrected chi connectivity index (χ0v) is 10.6. The summed E-state index contributed by atoms with van der Waals surface area (Å²) in [4.78, 5) is 11.9. The van der Waals surface area contributed by atoms with Crippen LogP contribution in [0.3, 0.4) is 0 Å². The molecule has 2 aromatic rings. The molecule has 1 aromatic carbocycles. The Hall–Kier alpha value is -2.30. The molecule has 0 saturated carbocycles. The van der Waals surface area contributed by atoms with Gasteiger partial charge in [-0.05, 0) is 19.1 Å². The van der Waals surface area contributed by atoms with Crippen LogP contribution < -0.4 is 15.0 Å². The van der Waals surface area contributed by atoms with Crippen molar-refractivity contribution in [1.82, 2.24) is 10.2 Å². The molecule has 5 nitrogen and oxygen atoms in total. The number of nitrogens with zero attached hydrogens (tertiary/aromatic N) is 1. The Morgan fingerprint density at radius 2 is 2.05 bits per heavy atom. The zero-order valence-electron chi connectivity index (χ0n) is 10.6. The van der Waals surface area contributed by atoms with Crippen LogP contribution in [0.2, 0.25) is 0 Å². The summed E-state index contributed by atoms with van der Waals surface area (Å²) in [6, 6.07) is 7.32. The first kappa shape index (κ1) is 11.8. The maximum Gasteiger partial charge on any atom is 0.272 e. The molecule has 1 aliphatic heterocycles. The van der Waals surface area contributed by atoms with Crippen molar-refractivity contribution in [2.24, 2.45) is 0 Å². The molecule has 0 atom stereocenters. The molecule has 0 amide bonds. The highest BCUT2D eigenvalue weighted by atomic mass is 16.5. The van der Waals surface area contributed by atoms with Crippen molar-refractivity contribution in [3.8, 4) is 22.6 Å². The Kier molecular flexibility index (Phi) is 2.95. The number of aromatic nitrogens is 2. The quantitative estimate of drug-likeness (QED) is 0.848. The lowest BCUT2D eigenvalue weighted by Crippen LogP contribution is -2.12. The van der Waals surface area contributed by atoms with E-state index in [9.17, 15) is 4.79 Å². The van der Waals surface area contributed by atoms with Crippen LogP contribution in [-0.2, 0) is 0 Å². The summed E-state index contributed by atoms with van der Waals surface area (Å²) in [5, 5.41) is 6.37. The van der Waals surface area contributed by atoms with Crippen molar-refractivity contribution in [1.29, 1.82) is 0 Å². The molecular weight excluding hydrogens is 244 g/mol. The summed E-state index contributed by atoms with van der Waals surface area (Å²) in [6.45, 7) is 3.05. The number of aromatic amines is 1. The molecule has 1 N–H and O–H groups in total. The van der Waals surface area contributed by atoms with Crippen LogP contribution in [0.1, 0.15) is 12.1 Å². The number of benzene rings is 1. The molecule has 0 radical (unpaired) electrons.